The molecule has 0 spiro atoms. The zero-order valence-electron chi connectivity index (χ0n) is 17.6. The van der Waals surface area contributed by atoms with Gasteiger partial charge in [-0.2, -0.15) is 5.26 Å². The van der Waals surface area contributed by atoms with Crippen molar-refractivity contribution in [3.05, 3.63) is 92.7 Å². The Balaban J connectivity index is 1.85. The van der Waals surface area contributed by atoms with Gasteiger partial charge in [-0.1, -0.05) is 45.7 Å². The summed E-state index contributed by atoms with van der Waals surface area (Å²) in [6, 6.07) is 18.0. The van der Waals surface area contributed by atoms with Crippen molar-refractivity contribution in [3.8, 4) is 17.6 Å². The second-order valence-electron chi connectivity index (χ2n) is 6.81. The summed E-state index contributed by atoms with van der Waals surface area (Å²) in [5.74, 6) is -0.0538. The summed E-state index contributed by atoms with van der Waals surface area (Å²) in [5.41, 5.74) is 1.59. The molecule has 0 saturated heterocycles. The van der Waals surface area contributed by atoms with Crippen LogP contribution in [-0.2, 0) is 11.4 Å². The standard InChI is InChI=1S/C25H19BrClFN2O3/c1-2-32-23-11-17(10-18(14-29)25(31)30-21-8-4-6-19(27)12-21)22(26)13-24(23)33-15-16-5-3-7-20(28)9-16/h3-13H,2,15H2,1H3,(H,30,31)/b18-10+. The van der Waals surface area contributed by atoms with Crippen LogP contribution in [-0.4, -0.2) is 12.5 Å². The Morgan fingerprint density at radius 3 is 2.61 bits per heavy atom. The number of halogens is 3. The molecule has 0 atom stereocenters. The van der Waals surface area contributed by atoms with Crippen LogP contribution in [0.4, 0.5) is 10.1 Å². The highest BCUT2D eigenvalue weighted by Crippen LogP contribution is 2.35. The molecule has 33 heavy (non-hydrogen) atoms. The number of hydrogen-bond acceptors (Lipinski definition) is 4. The molecule has 0 aliphatic heterocycles. The van der Waals surface area contributed by atoms with E-state index in [4.69, 9.17) is 21.1 Å². The van der Waals surface area contributed by atoms with Crippen LogP contribution < -0.4 is 14.8 Å². The number of nitrogens with one attached hydrogen (secondary N) is 1. The lowest BCUT2D eigenvalue weighted by atomic mass is 10.1. The van der Waals surface area contributed by atoms with Gasteiger partial charge in [0, 0.05) is 15.2 Å². The van der Waals surface area contributed by atoms with E-state index in [1.165, 1.54) is 18.2 Å². The van der Waals surface area contributed by atoms with Gasteiger partial charge in [-0.15, -0.1) is 0 Å². The lowest BCUT2D eigenvalue weighted by Crippen LogP contribution is -2.13. The number of carbonyl (C=O) groups is 1. The summed E-state index contributed by atoms with van der Waals surface area (Å²) >= 11 is 9.40. The molecule has 8 heteroatoms. The summed E-state index contributed by atoms with van der Waals surface area (Å²) in [7, 11) is 0. The highest BCUT2D eigenvalue weighted by molar-refractivity contribution is 9.10. The predicted molar refractivity (Wildman–Crippen MR) is 130 cm³/mol. The third kappa shape index (κ3) is 6.82. The molecule has 0 aliphatic rings. The average molecular weight is 530 g/mol. The SMILES string of the molecule is CCOc1cc(/C=C(\C#N)C(=O)Nc2cccc(Cl)c2)c(Br)cc1OCc1cccc(F)c1. The topological polar surface area (TPSA) is 71.3 Å². The Morgan fingerprint density at radius 2 is 1.91 bits per heavy atom. The van der Waals surface area contributed by atoms with Gasteiger partial charge in [-0.05, 0) is 66.6 Å². The van der Waals surface area contributed by atoms with Crippen molar-refractivity contribution >= 4 is 45.2 Å². The molecule has 0 radical (unpaired) electrons. The minimum absolute atomic E-state index is 0.105. The van der Waals surface area contributed by atoms with Crippen molar-refractivity contribution in [2.45, 2.75) is 13.5 Å². The quantitative estimate of drug-likeness (QED) is 0.258. The van der Waals surface area contributed by atoms with E-state index < -0.39 is 5.91 Å². The van der Waals surface area contributed by atoms with Crippen molar-refractivity contribution in [3.63, 3.8) is 0 Å². The third-order valence-electron chi connectivity index (χ3n) is 4.39. The van der Waals surface area contributed by atoms with Crippen molar-refractivity contribution in [2.75, 3.05) is 11.9 Å². The fraction of sp³-hybridized carbons (Fsp3) is 0.120. The van der Waals surface area contributed by atoms with Crippen LogP contribution in [0.2, 0.25) is 5.02 Å². The first kappa shape index (κ1) is 24.3. The van der Waals surface area contributed by atoms with Crippen LogP contribution in [0.5, 0.6) is 11.5 Å². The number of nitriles is 1. The molecular weight excluding hydrogens is 511 g/mol. The Bertz CT molecular complexity index is 1240. The number of rotatable bonds is 8. The molecule has 3 aromatic rings. The van der Waals surface area contributed by atoms with Gasteiger partial charge in [0.15, 0.2) is 11.5 Å². The Hall–Kier alpha value is -3.34. The predicted octanol–water partition coefficient (Wildman–Crippen LogP) is 6.76. The maximum Gasteiger partial charge on any atom is 0.266 e. The number of nitrogens with zero attached hydrogens (tertiary/aromatic N) is 1. The van der Waals surface area contributed by atoms with E-state index in [1.807, 2.05) is 13.0 Å². The lowest BCUT2D eigenvalue weighted by Gasteiger charge is -2.14. The van der Waals surface area contributed by atoms with Crippen LogP contribution >= 0.6 is 27.5 Å². The van der Waals surface area contributed by atoms with Crippen molar-refractivity contribution in [1.29, 1.82) is 5.26 Å². The fourth-order valence-corrected chi connectivity index (χ4v) is 3.53. The third-order valence-corrected chi connectivity index (χ3v) is 5.32. The summed E-state index contributed by atoms with van der Waals surface area (Å²) in [6.07, 6.45) is 1.45. The van der Waals surface area contributed by atoms with Crippen LogP contribution in [0.25, 0.3) is 6.08 Å². The minimum atomic E-state index is -0.573. The first-order valence-electron chi connectivity index (χ1n) is 9.92. The second kappa shape index (κ2) is 11.5. The van der Waals surface area contributed by atoms with Crippen molar-refractivity contribution < 1.29 is 18.7 Å². The smallest absolute Gasteiger partial charge is 0.266 e. The number of hydrogen-bond donors (Lipinski definition) is 1. The van der Waals surface area contributed by atoms with Crippen LogP contribution in [0.3, 0.4) is 0 Å². The molecule has 0 bridgehead atoms. The van der Waals surface area contributed by atoms with E-state index in [-0.39, 0.29) is 18.0 Å². The Labute approximate surface area is 204 Å². The van der Waals surface area contributed by atoms with Crippen LogP contribution in [0.1, 0.15) is 18.1 Å². The van der Waals surface area contributed by atoms with Crippen molar-refractivity contribution in [2.24, 2.45) is 0 Å². The Kier molecular flexibility index (Phi) is 8.47. The first-order valence-corrected chi connectivity index (χ1v) is 11.1. The fourth-order valence-electron chi connectivity index (χ4n) is 2.90. The molecule has 3 rings (SSSR count). The van der Waals surface area contributed by atoms with Gasteiger partial charge in [-0.3, -0.25) is 4.79 Å². The van der Waals surface area contributed by atoms with Gasteiger partial charge in [0.05, 0.1) is 6.61 Å². The number of anilines is 1. The van der Waals surface area contributed by atoms with Gasteiger partial charge in [0.25, 0.3) is 5.91 Å². The highest BCUT2D eigenvalue weighted by Gasteiger charge is 2.14. The largest absolute Gasteiger partial charge is 0.490 e. The molecule has 5 nitrogen and oxygen atoms in total. The summed E-state index contributed by atoms with van der Waals surface area (Å²) in [4.78, 5) is 12.6. The average Bonchev–Trinajstić information content (AvgIpc) is 2.78. The molecule has 1 N–H and O–H groups in total. The molecule has 168 valence electrons. The van der Waals surface area contributed by atoms with Gasteiger partial charge >= 0.3 is 0 Å². The van der Waals surface area contributed by atoms with E-state index in [2.05, 4.69) is 21.2 Å². The maximum absolute atomic E-state index is 13.4. The monoisotopic (exact) mass is 528 g/mol. The maximum atomic E-state index is 13.4. The summed E-state index contributed by atoms with van der Waals surface area (Å²) in [6.45, 7) is 2.35. The van der Waals surface area contributed by atoms with Crippen LogP contribution in [0.15, 0.2) is 70.7 Å². The molecule has 0 fully saturated rings. The highest BCUT2D eigenvalue weighted by atomic mass is 79.9. The zero-order valence-corrected chi connectivity index (χ0v) is 19.9. The second-order valence-corrected chi connectivity index (χ2v) is 8.10. The molecule has 3 aromatic carbocycles. The van der Waals surface area contributed by atoms with Gasteiger partial charge in [-0.25, -0.2) is 4.39 Å². The molecule has 0 heterocycles. The van der Waals surface area contributed by atoms with E-state index in [0.29, 0.717) is 44.4 Å². The summed E-state index contributed by atoms with van der Waals surface area (Å²) in [5, 5.41) is 12.7. The van der Waals surface area contributed by atoms with E-state index in [9.17, 15) is 14.4 Å². The lowest BCUT2D eigenvalue weighted by molar-refractivity contribution is -0.112. The normalized spacial score (nSPS) is 10.9. The van der Waals surface area contributed by atoms with Crippen LogP contribution in [0, 0.1) is 17.1 Å². The number of amides is 1. The van der Waals surface area contributed by atoms with E-state index in [1.54, 1.807) is 48.5 Å². The number of benzene rings is 3. The molecular formula is C25H19BrClFN2O3. The van der Waals surface area contributed by atoms with Crippen molar-refractivity contribution in [1.82, 2.24) is 0 Å². The molecule has 0 saturated carbocycles. The van der Waals surface area contributed by atoms with E-state index >= 15 is 0 Å². The molecule has 1 amide bonds. The molecule has 0 aromatic heterocycles. The number of carbonyl (C=O) groups excluding carboxylic acids is 1. The first-order chi connectivity index (χ1) is 15.9. The zero-order chi connectivity index (χ0) is 23.8. The van der Waals surface area contributed by atoms with E-state index in [0.717, 1.165) is 0 Å². The van der Waals surface area contributed by atoms with Gasteiger partial charge in [0.1, 0.15) is 24.1 Å². The molecule has 0 aliphatic carbocycles. The van der Waals surface area contributed by atoms with Gasteiger partial charge in [0.2, 0.25) is 0 Å². The number of ether oxygens (including phenoxy) is 2. The Morgan fingerprint density at radius 1 is 1.15 bits per heavy atom. The molecule has 0 unspecified atom stereocenters. The van der Waals surface area contributed by atoms with Gasteiger partial charge < -0.3 is 14.8 Å². The summed E-state index contributed by atoms with van der Waals surface area (Å²) < 4.78 is 25.5. The minimum Gasteiger partial charge on any atom is -0.490 e.